The molecule has 0 spiro atoms. The lowest BCUT2D eigenvalue weighted by Gasteiger charge is -2.37. The van der Waals surface area contributed by atoms with E-state index in [1.807, 2.05) is 6.92 Å². The molecule has 6 N–H and O–H groups in total. The van der Waals surface area contributed by atoms with Gasteiger partial charge in [0.2, 0.25) is 0 Å². The lowest BCUT2D eigenvalue weighted by Crippen LogP contribution is -2.46. The first kappa shape index (κ1) is 19.9. The normalized spacial score (nSPS) is 16.0. The Kier molecular flexibility index (Phi) is 5.99. The third-order valence-corrected chi connectivity index (χ3v) is 5.10. The summed E-state index contributed by atoms with van der Waals surface area (Å²) in [4.78, 5) is 16.1. The minimum absolute atomic E-state index is 0.0353. The van der Waals surface area contributed by atoms with E-state index < -0.39 is 11.7 Å². The van der Waals surface area contributed by atoms with Gasteiger partial charge in [-0.15, -0.1) is 0 Å². The summed E-state index contributed by atoms with van der Waals surface area (Å²) in [6.45, 7) is 1.89. The molecule has 0 saturated heterocycles. The van der Waals surface area contributed by atoms with Crippen molar-refractivity contribution in [1.29, 1.82) is 0 Å². The zero-order valence-electron chi connectivity index (χ0n) is 16.0. The molecule has 1 saturated carbocycles. The highest BCUT2D eigenvalue weighted by Gasteiger charge is 2.31. The average molecular weight is 387 g/mol. The highest BCUT2D eigenvalue weighted by Crippen LogP contribution is 2.33. The fraction of sp³-hybridized carbons (Fsp3) is 0.400. The number of carbonyl (C=O) groups excluding carboxylic acids is 1. The Morgan fingerprint density at radius 3 is 2.64 bits per heavy atom. The minimum Gasteiger partial charge on any atom is -0.497 e. The summed E-state index contributed by atoms with van der Waals surface area (Å²) >= 11 is 0. The predicted octanol–water partition coefficient (Wildman–Crippen LogP) is 3.00. The van der Waals surface area contributed by atoms with E-state index in [4.69, 9.17) is 16.2 Å². The van der Waals surface area contributed by atoms with Crippen molar-refractivity contribution in [2.75, 3.05) is 17.7 Å². The number of methoxy groups -OCH3 is 1. The van der Waals surface area contributed by atoms with E-state index in [1.54, 1.807) is 31.4 Å². The molecule has 0 unspecified atom stereocenters. The van der Waals surface area contributed by atoms with Crippen LogP contribution in [0.2, 0.25) is 0 Å². The van der Waals surface area contributed by atoms with Gasteiger partial charge >= 0.3 is 0 Å². The molecule has 0 aliphatic heterocycles. The van der Waals surface area contributed by atoms with E-state index in [-0.39, 0.29) is 29.3 Å². The zero-order chi connectivity index (χ0) is 20.3. The fourth-order valence-corrected chi connectivity index (χ4v) is 3.35. The second-order valence-corrected chi connectivity index (χ2v) is 7.16. The van der Waals surface area contributed by atoms with Gasteiger partial charge in [0.15, 0.2) is 11.6 Å². The van der Waals surface area contributed by atoms with E-state index in [0.29, 0.717) is 17.4 Å². The number of benzene rings is 1. The number of amides is 1. The summed E-state index contributed by atoms with van der Waals surface area (Å²) in [7, 11) is 1.56. The molecule has 8 heteroatoms. The smallest absolute Gasteiger partial charge is 0.252 e. The summed E-state index contributed by atoms with van der Waals surface area (Å²) in [5.74, 6) is -0.188. The summed E-state index contributed by atoms with van der Waals surface area (Å²) in [6, 6.07) is 7.93. The quantitative estimate of drug-likeness (QED) is 0.553. The summed E-state index contributed by atoms with van der Waals surface area (Å²) < 4.78 is 19.8. The Labute approximate surface area is 163 Å². The van der Waals surface area contributed by atoms with Gasteiger partial charge in [-0.2, -0.15) is 0 Å². The predicted molar refractivity (Wildman–Crippen MR) is 107 cm³/mol. The molecule has 150 valence electrons. The third-order valence-electron chi connectivity index (χ3n) is 5.10. The van der Waals surface area contributed by atoms with Crippen LogP contribution in [-0.2, 0) is 0 Å². The molecule has 2 aromatic rings. The lowest BCUT2D eigenvalue weighted by molar-refractivity contribution is 0.100. The first-order valence-corrected chi connectivity index (χ1v) is 9.32. The monoisotopic (exact) mass is 387 g/mol. The number of carbonyl (C=O) groups is 1. The van der Waals surface area contributed by atoms with Crippen LogP contribution in [0.1, 0.15) is 36.5 Å². The number of aromatic nitrogens is 1. The molecule has 0 bridgehead atoms. The molecule has 2 atom stereocenters. The molecule has 1 fully saturated rings. The topological polar surface area (TPSA) is 115 Å². The second-order valence-electron chi connectivity index (χ2n) is 7.16. The standard InChI is InChI=1S/C20H26FN5O2/c1-11(22)17(12-5-3-6-12)25-20-16(21)10-15(18(23)27)19(26-20)24-13-7-4-8-14(9-13)28-2/h4,7-12,17H,3,5-6,22H2,1-2H3,(H2,23,27)(H2,24,25,26)/t11-,17-/m0/s1. The maximum Gasteiger partial charge on any atom is 0.252 e. The summed E-state index contributed by atoms with van der Waals surface area (Å²) in [6.07, 6.45) is 3.25. The molecule has 1 aromatic heterocycles. The Morgan fingerprint density at radius 2 is 2.07 bits per heavy atom. The molecule has 1 amide bonds. The number of pyridine rings is 1. The van der Waals surface area contributed by atoms with Crippen LogP contribution in [0.4, 0.5) is 21.7 Å². The number of hydrogen-bond acceptors (Lipinski definition) is 6. The van der Waals surface area contributed by atoms with Gasteiger partial charge in [0.25, 0.3) is 5.91 Å². The molecule has 0 radical (unpaired) electrons. The van der Waals surface area contributed by atoms with E-state index in [0.717, 1.165) is 25.3 Å². The number of nitrogens with zero attached hydrogens (tertiary/aromatic N) is 1. The highest BCUT2D eigenvalue weighted by atomic mass is 19.1. The van der Waals surface area contributed by atoms with Crippen molar-refractivity contribution >= 4 is 23.2 Å². The number of primary amides is 1. The number of ether oxygens (including phenoxy) is 1. The largest absolute Gasteiger partial charge is 0.497 e. The maximum atomic E-state index is 14.6. The van der Waals surface area contributed by atoms with Gasteiger partial charge in [-0.25, -0.2) is 9.37 Å². The highest BCUT2D eigenvalue weighted by molar-refractivity contribution is 5.98. The molecule has 1 aromatic carbocycles. The van der Waals surface area contributed by atoms with Crippen molar-refractivity contribution in [2.45, 2.75) is 38.3 Å². The van der Waals surface area contributed by atoms with Crippen molar-refractivity contribution in [2.24, 2.45) is 17.4 Å². The van der Waals surface area contributed by atoms with Crippen LogP contribution in [0.15, 0.2) is 30.3 Å². The van der Waals surface area contributed by atoms with E-state index in [2.05, 4.69) is 15.6 Å². The molecular weight excluding hydrogens is 361 g/mol. The van der Waals surface area contributed by atoms with Crippen LogP contribution in [0.5, 0.6) is 5.75 Å². The van der Waals surface area contributed by atoms with Crippen molar-refractivity contribution in [3.63, 3.8) is 0 Å². The number of halogens is 1. The van der Waals surface area contributed by atoms with E-state index >= 15 is 0 Å². The fourth-order valence-electron chi connectivity index (χ4n) is 3.35. The van der Waals surface area contributed by atoms with Gasteiger partial charge in [0, 0.05) is 23.8 Å². The van der Waals surface area contributed by atoms with Gasteiger partial charge in [-0.1, -0.05) is 12.5 Å². The second kappa shape index (κ2) is 8.43. The van der Waals surface area contributed by atoms with E-state index in [1.165, 1.54) is 0 Å². The molecule has 1 aliphatic rings. The Bertz CT molecular complexity index is 854. The maximum absolute atomic E-state index is 14.6. The molecule has 28 heavy (non-hydrogen) atoms. The zero-order valence-corrected chi connectivity index (χ0v) is 16.0. The summed E-state index contributed by atoms with van der Waals surface area (Å²) in [5.41, 5.74) is 12.1. The number of anilines is 3. The molecule has 7 nitrogen and oxygen atoms in total. The number of nitrogens with one attached hydrogen (secondary N) is 2. The number of rotatable bonds is 8. The first-order chi connectivity index (χ1) is 13.4. The molecule has 3 rings (SSSR count). The van der Waals surface area contributed by atoms with Crippen molar-refractivity contribution in [1.82, 2.24) is 4.98 Å². The van der Waals surface area contributed by atoms with Gasteiger partial charge in [0.05, 0.1) is 12.7 Å². The minimum atomic E-state index is -0.772. The SMILES string of the molecule is COc1cccc(Nc2nc(N[C@H](C3CCC3)[C@H](C)N)c(F)cc2C(N)=O)c1. The molecule has 1 heterocycles. The third kappa shape index (κ3) is 4.33. The van der Waals surface area contributed by atoms with Gasteiger partial charge in [-0.05, 0) is 43.9 Å². The van der Waals surface area contributed by atoms with Crippen molar-refractivity contribution in [3.8, 4) is 5.75 Å². The number of nitrogens with two attached hydrogens (primary N) is 2. The van der Waals surface area contributed by atoms with Crippen LogP contribution in [0.3, 0.4) is 0 Å². The van der Waals surface area contributed by atoms with E-state index in [9.17, 15) is 9.18 Å². The van der Waals surface area contributed by atoms with Crippen LogP contribution < -0.4 is 26.8 Å². The van der Waals surface area contributed by atoms with Crippen molar-refractivity contribution in [3.05, 3.63) is 41.7 Å². The Balaban J connectivity index is 1.93. The Morgan fingerprint density at radius 1 is 1.32 bits per heavy atom. The first-order valence-electron chi connectivity index (χ1n) is 9.32. The summed E-state index contributed by atoms with van der Waals surface area (Å²) in [5, 5.41) is 6.16. The van der Waals surface area contributed by atoms with Crippen molar-refractivity contribution < 1.29 is 13.9 Å². The molecule has 1 aliphatic carbocycles. The van der Waals surface area contributed by atoms with Gasteiger partial charge < -0.3 is 26.8 Å². The van der Waals surface area contributed by atoms with Crippen LogP contribution in [0.25, 0.3) is 0 Å². The number of hydrogen-bond donors (Lipinski definition) is 4. The van der Waals surface area contributed by atoms with Crippen LogP contribution in [-0.4, -0.2) is 30.1 Å². The van der Waals surface area contributed by atoms with Gasteiger partial charge in [0.1, 0.15) is 11.6 Å². The lowest BCUT2D eigenvalue weighted by atomic mass is 9.77. The van der Waals surface area contributed by atoms with Gasteiger partial charge in [-0.3, -0.25) is 4.79 Å². The molecular formula is C20H26FN5O2. The Hall–Kier alpha value is -2.87. The van der Waals surface area contributed by atoms with Crippen LogP contribution in [0, 0.1) is 11.7 Å². The average Bonchev–Trinajstić information content (AvgIpc) is 2.61. The van der Waals surface area contributed by atoms with Crippen LogP contribution >= 0.6 is 0 Å².